The summed E-state index contributed by atoms with van der Waals surface area (Å²) in [4.78, 5) is 12.5. The van der Waals surface area contributed by atoms with Crippen LogP contribution in [0.25, 0.3) is 0 Å². The third-order valence-electron chi connectivity index (χ3n) is 2.43. The first kappa shape index (κ1) is 14.7. The number of hydrogen-bond donors (Lipinski definition) is 4. The van der Waals surface area contributed by atoms with Crippen LogP contribution in [-0.4, -0.2) is 58.3 Å². The normalized spacial score (nSPS) is 18.4. The Hall–Kier alpha value is -1.41. The van der Waals surface area contributed by atoms with E-state index in [4.69, 9.17) is 20.7 Å². The van der Waals surface area contributed by atoms with Crippen LogP contribution in [0.3, 0.4) is 0 Å². The van der Waals surface area contributed by atoms with Crippen LogP contribution in [0.4, 0.5) is 0 Å². The molecule has 0 aromatic rings. The van der Waals surface area contributed by atoms with Crippen molar-refractivity contribution in [2.75, 3.05) is 19.8 Å². The molecule has 102 valence electrons. The number of hydrogen-bond acceptors (Lipinski definition) is 6. The molecule has 0 saturated carbocycles. The van der Waals surface area contributed by atoms with Crippen molar-refractivity contribution in [2.45, 2.75) is 18.8 Å². The molecule has 0 aliphatic carbocycles. The van der Waals surface area contributed by atoms with E-state index in [1.165, 1.54) is 11.1 Å². The molecule has 1 heterocycles. The van der Waals surface area contributed by atoms with Gasteiger partial charge in [0.2, 0.25) is 5.91 Å². The van der Waals surface area contributed by atoms with Gasteiger partial charge in [0.1, 0.15) is 6.10 Å². The molecule has 0 aromatic heterocycles. The first-order chi connectivity index (χ1) is 8.60. The number of nitrogens with zero attached hydrogens (tertiary/aromatic N) is 1. The summed E-state index contributed by atoms with van der Waals surface area (Å²) in [6.07, 6.45) is 3.14. The second-order valence-corrected chi connectivity index (χ2v) is 3.79. The zero-order chi connectivity index (χ0) is 13.5. The Morgan fingerprint density at radius 2 is 2.28 bits per heavy atom. The maximum Gasteiger partial charge on any atom is 0.246 e. The quantitative estimate of drug-likeness (QED) is 0.431. The van der Waals surface area contributed by atoms with Crippen LogP contribution in [0.15, 0.2) is 24.0 Å². The summed E-state index contributed by atoms with van der Waals surface area (Å²) < 4.78 is 5.23. The van der Waals surface area contributed by atoms with Crippen molar-refractivity contribution < 1.29 is 24.9 Å². The van der Waals surface area contributed by atoms with Crippen LogP contribution in [0.1, 0.15) is 6.42 Å². The van der Waals surface area contributed by atoms with E-state index in [0.29, 0.717) is 12.0 Å². The maximum absolute atomic E-state index is 11.1. The third-order valence-corrected chi connectivity index (χ3v) is 2.43. The van der Waals surface area contributed by atoms with Crippen LogP contribution >= 0.6 is 0 Å². The molecule has 1 unspecified atom stereocenters. The zero-order valence-corrected chi connectivity index (χ0v) is 9.90. The Kier molecular flexibility index (Phi) is 5.79. The molecule has 0 spiro atoms. The molecule has 0 bridgehead atoms. The van der Waals surface area contributed by atoms with Crippen LogP contribution in [-0.2, 0) is 9.53 Å². The van der Waals surface area contributed by atoms with Crippen LogP contribution in [0.2, 0.25) is 0 Å². The average Bonchev–Trinajstić information content (AvgIpc) is 2.39. The molecule has 0 fully saturated rings. The largest absolute Gasteiger partial charge is 0.394 e. The first-order valence-corrected chi connectivity index (χ1v) is 5.56. The molecule has 7 heteroatoms. The Bertz CT molecular complexity index is 342. The highest BCUT2D eigenvalue weighted by Crippen LogP contribution is 2.17. The molecule has 1 rings (SSSR count). The molecular weight excluding hydrogens is 240 g/mol. The molecule has 0 radical (unpaired) electrons. The van der Waals surface area contributed by atoms with Crippen molar-refractivity contribution in [1.29, 1.82) is 0 Å². The first-order valence-electron chi connectivity index (χ1n) is 5.56. The van der Waals surface area contributed by atoms with Crippen LogP contribution < -0.4 is 5.73 Å². The van der Waals surface area contributed by atoms with Gasteiger partial charge in [0, 0.05) is 18.0 Å². The van der Waals surface area contributed by atoms with Gasteiger partial charge >= 0.3 is 0 Å². The lowest BCUT2D eigenvalue weighted by atomic mass is 10.1. The molecule has 18 heavy (non-hydrogen) atoms. The fourth-order valence-electron chi connectivity index (χ4n) is 1.56. The summed E-state index contributed by atoms with van der Waals surface area (Å²) in [5.74, 6) is -0.552. The minimum absolute atomic E-state index is 0.00577. The van der Waals surface area contributed by atoms with Gasteiger partial charge in [-0.15, -0.1) is 0 Å². The second kappa shape index (κ2) is 7.12. The van der Waals surface area contributed by atoms with Crippen LogP contribution in [0.5, 0.6) is 0 Å². The van der Waals surface area contributed by atoms with Crippen molar-refractivity contribution in [3.8, 4) is 0 Å². The predicted octanol–water partition coefficient (Wildman–Crippen LogP) is -1.74. The van der Waals surface area contributed by atoms with E-state index in [1.54, 1.807) is 12.3 Å². The number of allylic oxidation sites excluding steroid dienone is 1. The number of primary amides is 1. The molecular formula is C11H18N2O5. The number of nitrogens with two attached hydrogens (primary N) is 1. The standard InChI is InChI=1S/C11H18N2O5/c12-10(17)8-2-1-3-13(6-8)11(9(16)7-15)18-5-4-14/h1,3,6,9,11,14-16H,2,4-5,7H2,(H2,12,17)/t9-,11?/m0/s1. The van der Waals surface area contributed by atoms with Crippen molar-refractivity contribution >= 4 is 5.91 Å². The molecule has 0 saturated heterocycles. The molecule has 7 nitrogen and oxygen atoms in total. The van der Waals surface area contributed by atoms with Crippen molar-refractivity contribution in [3.05, 3.63) is 24.0 Å². The number of aliphatic hydroxyl groups is 3. The van der Waals surface area contributed by atoms with E-state index >= 15 is 0 Å². The number of carbonyl (C=O) groups is 1. The number of aliphatic hydroxyl groups excluding tert-OH is 3. The maximum atomic E-state index is 11.1. The third kappa shape index (κ3) is 3.81. The van der Waals surface area contributed by atoms with Gasteiger partial charge in [0.25, 0.3) is 0 Å². The smallest absolute Gasteiger partial charge is 0.246 e. The summed E-state index contributed by atoms with van der Waals surface area (Å²) in [7, 11) is 0. The fraction of sp³-hybridized carbons (Fsp3) is 0.545. The Labute approximate surface area is 105 Å². The van der Waals surface area contributed by atoms with E-state index in [-0.39, 0.29) is 13.2 Å². The van der Waals surface area contributed by atoms with E-state index in [9.17, 15) is 9.90 Å². The highest BCUT2D eigenvalue weighted by atomic mass is 16.5. The lowest BCUT2D eigenvalue weighted by Crippen LogP contribution is -2.43. The van der Waals surface area contributed by atoms with Crippen LogP contribution in [0, 0.1) is 0 Å². The topological polar surface area (TPSA) is 116 Å². The van der Waals surface area contributed by atoms with Gasteiger partial charge < -0.3 is 30.7 Å². The SMILES string of the molecule is NC(=O)C1=CN(C(OCCO)[C@@H](O)CO)C=CC1. The predicted molar refractivity (Wildman–Crippen MR) is 62.8 cm³/mol. The van der Waals surface area contributed by atoms with Gasteiger partial charge in [-0.1, -0.05) is 6.08 Å². The fourth-order valence-corrected chi connectivity index (χ4v) is 1.56. The van der Waals surface area contributed by atoms with Gasteiger partial charge in [-0.05, 0) is 6.42 Å². The van der Waals surface area contributed by atoms with E-state index < -0.39 is 24.8 Å². The minimum Gasteiger partial charge on any atom is -0.394 e. The highest BCUT2D eigenvalue weighted by Gasteiger charge is 2.25. The number of ether oxygens (including phenoxy) is 1. The molecule has 1 aliphatic rings. The number of amides is 1. The second-order valence-electron chi connectivity index (χ2n) is 3.79. The Morgan fingerprint density at radius 3 is 2.83 bits per heavy atom. The van der Waals surface area contributed by atoms with Crippen molar-refractivity contribution in [2.24, 2.45) is 5.73 Å². The summed E-state index contributed by atoms with van der Waals surface area (Å²) in [6.45, 7) is -0.704. The summed E-state index contributed by atoms with van der Waals surface area (Å²) in [5, 5.41) is 27.3. The average molecular weight is 258 g/mol. The van der Waals surface area contributed by atoms with E-state index in [2.05, 4.69) is 0 Å². The minimum atomic E-state index is -1.16. The lowest BCUT2D eigenvalue weighted by molar-refractivity contribution is -0.118. The van der Waals surface area contributed by atoms with Gasteiger partial charge in [0.15, 0.2) is 6.23 Å². The summed E-state index contributed by atoms with van der Waals surface area (Å²) in [5.41, 5.74) is 5.55. The molecule has 5 N–H and O–H groups in total. The Morgan fingerprint density at radius 1 is 1.56 bits per heavy atom. The van der Waals surface area contributed by atoms with Crippen molar-refractivity contribution in [1.82, 2.24) is 4.90 Å². The summed E-state index contributed by atoms with van der Waals surface area (Å²) in [6, 6.07) is 0. The number of rotatable bonds is 7. The lowest BCUT2D eigenvalue weighted by Gasteiger charge is -2.32. The molecule has 2 atom stereocenters. The highest BCUT2D eigenvalue weighted by molar-refractivity contribution is 5.92. The van der Waals surface area contributed by atoms with Gasteiger partial charge in [-0.3, -0.25) is 4.79 Å². The summed E-state index contributed by atoms with van der Waals surface area (Å²) >= 11 is 0. The van der Waals surface area contributed by atoms with Crippen molar-refractivity contribution in [3.63, 3.8) is 0 Å². The van der Waals surface area contributed by atoms with Gasteiger partial charge in [-0.2, -0.15) is 0 Å². The molecule has 1 amide bonds. The molecule has 0 aromatic carbocycles. The number of carbonyl (C=O) groups excluding carboxylic acids is 1. The van der Waals surface area contributed by atoms with Gasteiger partial charge in [0.05, 0.1) is 19.8 Å². The van der Waals surface area contributed by atoms with E-state index in [1.807, 2.05) is 0 Å². The molecule has 1 aliphatic heterocycles. The van der Waals surface area contributed by atoms with Gasteiger partial charge in [-0.25, -0.2) is 0 Å². The van der Waals surface area contributed by atoms with E-state index in [0.717, 1.165) is 0 Å². The zero-order valence-electron chi connectivity index (χ0n) is 9.90. The Balaban J connectivity index is 2.80. The monoisotopic (exact) mass is 258 g/mol.